The van der Waals surface area contributed by atoms with Crippen molar-refractivity contribution in [2.75, 3.05) is 30.8 Å². The molecule has 0 saturated carbocycles. The van der Waals surface area contributed by atoms with Crippen LogP contribution in [0.25, 0.3) is 0 Å². The van der Waals surface area contributed by atoms with Gasteiger partial charge >= 0.3 is 5.97 Å². The maximum absolute atomic E-state index is 11.9. The number of pyridine rings is 1. The van der Waals surface area contributed by atoms with Gasteiger partial charge in [0.25, 0.3) is 0 Å². The highest BCUT2D eigenvalue weighted by Gasteiger charge is 2.19. The Morgan fingerprint density at radius 1 is 1.48 bits per heavy atom. The summed E-state index contributed by atoms with van der Waals surface area (Å²) in [5.74, 6) is -0.300. The summed E-state index contributed by atoms with van der Waals surface area (Å²) in [5.41, 5.74) is 6.27. The van der Waals surface area contributed by atoms with Crippen molar-refractivity contribution in [3.63, 3.8) is 0 Å². The van der Waals surface area contributed by atoms with E-state index in [1.165, 1.54) is 12.3 Å². The first-order valence-corrected chi connectivity index (χ1v) is 6.78. The van der Waals surface area contributed by atoms with Crippen LogP contribution in [0.5, 0.6) is 0 Å². The van der Waals surface area contributed by atoms with Gasteiger partial charge in [0, 0.05) is 13.1 Å². The number of amides is 1. The van der Waals surface area contributed by atoms with Gasteiger partial charge < -0.3 is 20.7 Å². The molecule has 0 bridgehead atoms. The summed E-state index contributed by atoms with van der Waals surface area (Å²) in [7, 11) is 1.68. The summed E-state index contributed by atoms with van der Waals surface area (Å²) < 4.78 is 4.98. The third kappa shape index (κ3) is 4.94. The summed E-state index contributed by atoms with van der Waals surface area (Å²) >= 11 is 0. The number of nitrogens with zero attached hydrogens (tertiary/aromatic N) is 2. The number of likely N-dealkylation sites (N-methyl/N-ethyl adjacent to an activating group) is 1. The lowest BCUT2D eigenvalue weighted by Crippen LogP contribution is -2.39. The normalized spacial score (nSPS) is 10.3. The van der Waals surface area contributed by atoms with Crippen molar-refractivity contribution in [3.05, 3.63) is 17.8 Å². The highest BCUT2D eigenvalue weighted by molar-refractivity contribution is 5.96. The molecule has 1 aromatic rings. The number of anilines is 2. The van der Waals surface area contributed by atoms with Gasteiger partial charge in [-0.1, -0.05) is 0 Å². The van der Waals surface area contributed by atoms with E-state index in [1.54, 1.807) is 18.9 Å². The Balaban J connectivity index is 2.95. The van der Waals surface area contributed by atoms with Crippen LogP contribution < -0.4 is 16.0 Å². The minimum absolute atomic E-state index is 0.0507. The standard InChI is InChI=1S/C14H22N4O3/c1-5-21-14(20)11-6-10(15)7-16-13(11)18(4)8-12(19)17-9(2)3/h6-7,9H,5,8,15H2,1-4H3,(H,17,19). The van der Waals surface area contributed by atoms with Crippen LogP contribution in [0.2, 0.25) is 0 Å². The zero-order valence-electron chi connectivity index (χ0n) is 12.8. The van der Waals surface area contributed by atoms with E-state index in [9.17, 15) is 9.59 Å². The number of nitrogens with one attached hydrogen (secondary N) is 1. The van der Waals surface area contributed by atoms with E-state index in [2.05, 4.69) is 10.3 Å². The second-order valence-electron chi connectivity index (χ2n) is 4.94. The Morgan fingerprint density at radius 2 is 2.14 bits per heavy atom. The van der Waals surface area contributed by atoms with Gasteiger partial charge in [0.15, 0.2) is 0 Å². The largest absolute Gasteiger partial charge is 0.462 e. The molecule has 7 heteroatoms. The minimum atomic E-state index is -0.511. The van der Waals surface area contributed by atoms with E-state index in [-0.39, 0.29) is 30.7 Å². The molecule has 1 heterocycles. The molecule has 1 rings (SSSR count). The van der Waals surface area contributed by atoms with E-state index >= 15 is 0 Å². The molecular weight excluding hydrogens is 272 g/mol. The molecule has 7 nitrogen and oxygen atoms in total. The lowest BCUT2D eigenvalue weighted by Gasteiger charge is -2.21. The Bertz CT molecular complexity index is 517. The van der Waals surface area contributed by atoms with Crippen molar-refractivity contribution in [2.24, 2.45) is 0 Å². The summed E-state index contributed by atoms with van der Waals surface area (Å²) in [6.45, 7) is 5.82. The quantitative estimate of drug-likeness (QED) is 0.753. The SMILES string of the molecule is CCOC(=O)c1cc(N)cnc1N(C)CC(=O)NC(C)C. The van der Waals surface area contributed by atoms with E-state index in [1.807, 2.05) is 13.8 Å². The number of ether oxygens (including phenoxy) is 1. The highest BCUT2D eigenvalue weighted by atomic mass is 16.5. The molecular formula is C14H22N4O3. The minimum Gasteiger partial charge on any atom is -0.462 e. The topological polar surface area (TPSA) is 97.6 Å². The molecule has 3 N–H and O–H groups in total. The lowest BCUT2D eigenvalue weighted by molar-refractivity contribution is -0.120. The predicted octanol–water partition coefficient (Wildman–Crippen LogP) is 0.801. The summed E-state index contributed by atoms with van der Waals surface area (Å²) in [5, 5.41) is 2.78. The molecule has 0 saturated heterocycles. The average molecular weight is 294 g/mol. The maximum Gasteiger partial charge on any atom is 0.341 e. The third-order valence-electron chi connectivity index (χ3n) is 2.58. The van der Waals surface area contributed by atoms with Gasteiger partial charge in [0.1, 0.15) is 11.4 Å². The number of carbonyl (C=O) groups excluding carboxylic acids is 2. The Hall–Kier alpha value is -2.31. The third-order valence-corrected chi connectivity index (χ3v) is 2.58. The molecule has 0 spiro atoms. The molecule has 116 valence electrons. The van der Waals surface area contributed by atoms with Crippen LogP contribution in [0.15, 0.2) is 12.3 Å². The van der Waals surface area contributed by atoms with Gasteiger partial charge in [-0.3, -0.25) is 4.79 Å². The van der Waals surface area contributed by atoms with Crippen LogP contribution >= 0.6 is 0 Å². The lowest BCUT2D eigenvalue weighted by atomic mass is 10.2. The predicted molar refractivity (Wildman–Crippen MR) is 81.2 cm³/mol. The first kappa shape index (κ1) is 16.7. The molecule has 0 atom stereocenters. The molecule has 1 amide bonds. The monoisotopic (exact) mass is 294 g/mol. The van der Waals surface area contributed by atoms with Gasteiger partial charge in [-0.2, -0.15) is 0 Å². The van der Waals surface area contributed by atoms with E-state index in [0.717, 1.165) is 0 Å². The van der Waals surface area contributed by atoms with E-state index in [4.69, 9.17) is 10.5 Å². The molecule has 0 aromatic carbocycles. The number of esters is 1. The van der Waals surface area contributed by atoms with Gasteiger partial charge in [-0.15, -0.1) is 0 Å². The molecule has 0 radical (unpaired) electrons. The Kier molecular flexibility index (Phi) is 5.95. The van der Waals surface area contributed by atoms with Crippen molar-refractivity contribution < 1.29 is 14.3 Å². The fraction of sp³-hybridized carbons (Fsp3) is 0.500. The van der Waals surface area contributed by atoms with Gasteiger partial charge in [-0.05, 0) is 26.8 Å². The van der Waals surface area contributed by atoms with Crippen LogP contribution in [0.3, 0.4) is 0 Å². The van der Waals surface area contributed by atoms with Crippen molar-refractivity contribution in [2.45, 2.75) is 26.8 Å². The zero-order valence-corrected chi connectivity index (χ0v) is 12.8. The van der Waals surface area contributed by atoms with Crippen molar-refractivity contribution in [1.82, 2.24) is 10.3 Å². The van der Waals surface area contributed by atoms with Crippen LogP contribution in [-0.4, -0.2) is 43.1 Å². The molecule has 0 aliphatic rings. The number of carbonyl (C=O) groups is 2. The van der Waals surface area contributed by atoms with Crippen LogP contribution in [0.4, 0.5) is 11.5 Å². The molecule has 0 aliphatic carbocycles. The number of nitrogens with two attached hydrogens (primary N) is 1. The maximum atomic E-state index is 11.9. The Morgan fingerprint density at radius 3 is 2.71 bits per heavy atom. The second kappa shape index (κ2) is 7.47. The summed E-state index contributed by atoms with van der Waals surface area (Å²) in [6, 6.07) is 1.55. The van der Waals surface area contributed by atoms with E-state index in [0.29, 0.717) is 11.5 Å². The smallest absolute Gasteiger partial charge is 0.341 e. The van der Waals surface area contributed by atoms with Gasteiger partial charge in [0.2, 0.25) is 5.91 Å². The van der Waals surface area contributed by atoms with Crippen LogP contribution in [0.1, 0.15) is 31.1 Å². The summed E-state index contributed by atoms with van der Waals surface area (Å²) in [4.78, 5) is 29.5. The first-order chi connectivity index (χ1) is 9.85. The fourth-order valence-electron chi connectivity index (χ4n) is 1.79. The highest BCUT2D eigenvalue weighted by Crippen LogP contribution is 2.19. The molecule has 0 unspecified atom stereocenters. The molecule has 0 aliphatic heterocycles. The number of aromatic nitrogens is 1. The number of hydrogen-bond donors (Lipinski definition) is 2. The molecule has 1 aromatic heterocycles. The van der Waals surface area contributed by atoms with Crippen molar-refractivity contribution >= 4 is 23.4 Å². The fourth-order valence-corrected chi connectivity index (χ4v) is 1.79. The van der Waals surface area contributed by atoms with Crippen LogP contribution in [0, 0.1) is 0 Å². The summed E-state index contributed by atoms with van der Waals surface area (Å²) in [6.07, 6.45) is 1.44. The molecule has 21 heavy (non-hydrogen) atoms. The molecule has 0 fully saturated rings. The van der Waals surface area contributed by atoms with Gasteiger partial charge in [0.05, 0.1) is 25.0 Å². The average Bonchev–Trinajstić information content (AvgIpc) is 2.37. The first-order valence-electron chi connectivity index (χ1n) is 6.78. The van der Waals surface area contributed by atoms with Gasteiger partial charge in [-0.25, -0.2) is 9.78 Å². The van der Waals surface area contributed by atoms with Crippen molar-refractivity contribution in [3.8, 4) is 0 Å². The Labute approximate surface area is 124 Å². The van der Waals surface area contributed by atoms with Crippen molar-refractivity contribution in [1.29, 1.82) is 0 Å². The second-order valence-corrected chi connectivity index (χ2v) is 4.94. The number of rotatable bonds is 6. The van der Waals surface area contributed by atoms with Crippen LogP contribution in [-0.2, 0) is 9.53 Å². The zero-order chi connectivity index (χ0) is 16.0. The number of nitrogen functional groups attached to an aromatic ring is 1. The number of hydrogen-bond acceptors (Lipinski definition) is 6. The van der Waals surface area contributed by atoms with E-state index < -0.39 is 5.97 Å².